The second kappa shape index (κ2) is 6.85. The molecule has 102 valence electrons. The molecular formula is C16H22N2S. The van der Waals surface area contributed by atoms with Gasteiger partial charge in [0.05, 0.1) is 0 Å². The number of benzene rings is 1. The molecular weight excluding hydrogens is 252 g/mol. The molecule has 0 aliphatic heterocycles. The largest absolute Gasteiger partial charge is 0.324 e. The van der Waals surface area contributed by atoms with Crippen molar-refractivity contribution in [2.24, 2.45) is 5.73 Å². The molecule has 0 saturated carbocycles. The Morgan fingerprint density at radius 3 is 2.58 bits per heavy atom. The summed E-state index contributed by atoms with van der Waals surface area (Å²) in [5.41, 5.74) is 8.76. The zero-order valence-electron chi connectivity index (χ0n) is 11.7. The van der Waals surface area contributed by atoms with Crippen LogP contribution in [0.5, 0.6) is 0 Å². The van der Waals surface area contributed by atoms with Gasteiger partial charge in [0, 0.05) is 24.0 Å². The van der Waals surface area contributed by atoms with Crippen LogP contribution in [0.2, 0.25) is 0 Å². The van der Waals surface area contributed by atoms with E-state index in [4.69, 9.17) is 5.73 Å². The van der Waals surface area contributed by atoms with E-state index < -0.39 is 0 Å². The van der Waals surface area contributed by atoms with E-state index in [-0.39, 0.29) is 6.04 Å². The van der Waals surface area contributed by atoms with Crippen LogP contribution in [0.4, 0.5) is 0 Å². The highest BCUT2D eigenvalue weighted by molar-refractivity contribution is 7.09. The fourth-order valence-electron chi connectivity index (χ4n) is 2.09. The van der Waals surface area contributed by atoms with E-state index in [0.29, 0.717) is 0 Å². The normalized spacial score (nSPS) is 12.8. The monoisotopic (exact) mass is 274 g/mol. The van der Waals surface area contributed by atoms with Crippen LogP contribution >= 0.6 is 11.3 Å². The summed E-state index contributed by atoms with van der Waals surface area (Å²) in [5.74, 6) is 0. The fraction of sp³-hybridized carbons (Fsp3) is 0.375. The topological polar surface area (TPSA) is 29.3 Å². The molecule has 3 heteroatoms. The highest BCUT2D eigenvalue weighted by atomic mass is 32.1. The average Bonchev–Trinajstić information content (AvgIpc) is 2.89. The third-order valence-electron chi connectivity index (χ3n) is 3.33. The summed E-state index contributed by atoms with van der Waals surface area (Å²) < 4.78 is 0. The molecule has 1 aromatic carbocycles. The number of hydrogen-bond donors (Lipinski definition) is 1. The summed E-state index contributed by atoms with van der Waals surface area (Å²) in [7, 11) is 2.15. The number of rotatable bonds is 6. The molecule has 0 aliphatic carbocycles. The standard InChI is InChI=1S/C16H22N2S/c1-13-5-7-14(8-6-13)16(17)9-10-18(2)12-15-4-3-11-19-15/h3-8,11,16H,9-10,12,17H2,1-2H3. The number of nitrogens with zero attached hydrogens (tertiary/aromatic N) is 1. The molecule has 1 unspecified atom stereocenters. The zero-order chi connectivity index (χ0) is 13.7. The summed E-state index contributed by atoms with van der Waals surface area (Å²) in [4.78, 5) is 3.74. The third-order valence-corrected chi connectivity index (χ3v) is 4.19. The molecule has 19 heavy (non-hydrogen) atoms. The van der Waals surface area contributed by atoms with Crippen LogP contribution in [0.3, 0.4) is 0 Å². The van der Waals surface area contributed by atoms with Gasteiger partial charge in [0.25, 0.3) is 0 Å². The van der Waals surface area contributed by atoms with Gasteiger partial charge in [0.15, 0.2) is 0 Å². The SMILES string of the molecule is Cc1ccc(C(N)CCN(C)Cc2cccs2)cc1. The maximum Gasteiger partial charge on any atom is 0.0324 e. The van der Waals surface area contributed by atoms with E-state index in [1.165, 1.54) is 16.0 Å². The lowest BCUT2D eigenvalue weighted by Gasteiger charge is -2.19. The zero-order valence-corrected chi connectivity index (χ0v) is 12.5. The summed E-state index contributed by atoms with van der Waals surface area (Å²) >= 11 is 1.81. The van der Waals surface area contributed by atoms with Gasteiger partial charge in [-0.1, -0.05) is 35.9 Å². The van der Waals surface area contributed by atoms with Gasteiger partial charge in [-0.25, -0.2) is 0 Å². The van der Waals surface area contributed by atoms with Crippen molar-refractivity contribution < 1.29 is 0 Å². The molecule has 0 saturated heterocycles. The second-order valence-electron chi connectivity index (χ2n) is 5.12. The van der Waals surface area contributed by atoms with Crippen molar-refractivity contribution >= 4 is 11.3 Å². The molecule has 1 heterocycles. The molecule has 1 atom stereocenters. The van der Waals surface area contributed by atoms with Crippen LogP contribution in [-0.2, 0) is 6.54 Å². The van der Waals surface area contributed by atoms with E-state index >= 15 is 0 Å². The predicted octanol–water partition coefficient (Wildman–Crippen LogP) is 3.58. The first kappa shape index (κ1) is 14.3. The number of aryl methyl sites for hydroxylation is 1. The summed E-state index contributed by atoms with van der Waals surface area (Å²) in [6.45, 7) is 4.13. The molecule has 0 bridgehead atoms. The van der Waals surface area contributed by atoms with Crippen LogP contribution in [0.1, 0.15) is 28.5 Å². The summed E-state index contributed by atoms with van der Waals surface area (Å²) in [6.07, 6.45) is 0.991. The first-order chi connectivity index (χ1) is 9.15. The van der Waals surface area contributed by atoms with Gasteiger partial charge < -0.3 is 10.6 Å². The van der Waals surface area contributed by atoms with Crippen LogP contribution < -0.4 is 5.73 Å². The molecule has 2 N–H and O–H groups in total. The fourth-order valence-corrected chi connectivity index (χ4v) is 2.87. The highest BCUT2D eigenvalue weighted by Crippen LogP contribution is 2.16. The van der Waals surface area contributed by atoms with Gasteiger partial charge in [0.2, 0.25) is 0 Å². The van der Waals surface area contributed by atoms with Crippen LogP contribution in [0.25, 0.3) is 0 Å². The quantitative estimate of drug-likeness (QED) is 0.872. The molecule has 0 aliphatic rings. The minimum Gasteiger partial charge on any atom is -0.324 e. The van der Waals surface area contributed by atoms with Gasteiger partial charge in [-0.3, -0.25) is 0 Å². The minimum absolute atomic E-state index is 0.131. The number of hydrogen-bond acceptors (Lipinski definition) is 3. The van der Waals surface area contributed by atoms with E-state index in [9.17, 15) is 0 Å². The Balaban J connectivity index is 1.79. The Labute approximate surface area is 119 Å². The lowest BCUT2D eigenvalue weighted by Crippen LogP contribution is -2.23. The predicted molar refractivity (Wildman–Crippen MR) is 83.4 cm³/mol. The Morgan fingerprint density at radius 2 is 1.95 bits per heavy atom. The van der Waals surface area contributed by atoms with Crippen molar-refractivity contribution in [1.82, 2.24) is 4.90 Å². The molecule has 0 amide bonds. The maximum absolute atomic E-state index is 6.24. The molecule has 2 nitrogen and oxygen atoms in total. The van der Waals surface area contributed by atoms with Crippen LogP contribution in [0.15, 0.2) is 41.8 Å². The summed E-state index contributed by atoms with van der Waals surface area (Å²) in [6, 6.07) is 13.0. The van der Waals surface area contributed by atoms with E-state index in [2.05, 4.69) is 60.6 Å². The maximum atomic E-state index is 6.24. The van der Waals surface area contributed by atoms with Crippen LogP contribution in [0, 0.1) is 6.92 Å². The van der Waals surface area contributed by atoms with E-state index in [0.717, 1.165) is 19.5 Å². The van der Waals surface area contributed by atoms with Crippen molar-refractivity contribution in [3.63, 3.8) is 0 Å². The highest BCUT2D eigenvalue weighted by Gasteiger charge is 2.08. The lowest BCUT2D eigenvalue weighted by atomic mass is 10.0. The molecule has 2 rings (SSSR count). The van der Waals surface area contributed by atoms with Gasteiger partial charge in [-0.15, -0.1) is 11.3 Å². The molecule has 0 spiro atoms. The van der Waals surface area contributed by atoms with Crippen molar-refractivity contribution in [2.45, 2.75) is 25.9 Å². The first-order valence-corrected chi connectivity index (χ1v) is 7.56. The third kappa shape index (κ3) is 4.46. The van der Waals surface area contributed by atoms with Gasteiger partial charge in [-0.2, -0.15) is 0 Å². The average molecular weight is 274 g/mol. The van der Waals surface area contributed by atoms with Crippen molar-refractivity contribution in [1.29, 1.82) is 0 Å². The van der Waals surface area contributed by atoms with Crippen molar-refractivity contribution in [2.75, 3.05) is 13.6 Å². The van der Waals surface area contributed by atoms with Gasteiger partial charge >= 0.3 is 0 Å². The van der Waals surface area contributed by atoms with E-state index in [1.807, 2.05) is 11.3 Å². The van der Waals surface area contributed by atoms with E-state index in [1.54, 1.807) is 0 Å². The van der Waals surface area contributed by atoms with Gasteiger partial charge in [0.1, 0.15) is 0 Å². The molecule has 0 fully saturated rings. The molecule has 0 radical (unpaired) electrons. The smallest absolute Gasteiger partial charge is 0.0324 e. The molecule has 1 aromatic heterocycles. The van der Waals surface area contributed by atoms with Gasteiger partial charge in [-0.05, 0) is 37.4 Å². The Hall–Kier alpha value is -1.16. The first-order valence-electron chi connectivity index (χ1n) is 6.68. The number of nitrogens with two attached hydrogens (primary N) is 1. The summed E-state index contributed by atoms with van der Waals surface area (Å²) in [5, 5.41) is 2.13. The lowest BCUT2D eigenvalue weighted by molar-refractivity contribution is 0.314. The molecule has 2 aromatic rings. The Bertz CT molecular complexity index is 476. The Kier molecular flexibility index (Phi) is 5.14. The Morgan fingerprint density at radius 1 is 1.21 bits per heavy atom. The second-order valence-corrected chi connectivity index (χ2v) is 6.16. The van der Waals surface area contributed by atoms with Crippen molar-refractivity contribution in [3.8, 4) is 0 Å². The van der Waals surface area contributed by atoms with Crippen molar-refractivity contribution in [3.05, 3.63) is 57.8 Å². The minimum atomic E-state index is 0.131. The van der Waals surface area contributed by atoms with Crippen LogP contribution in [-0.4, -0.2) is 18.5 Å². The number of thiophene rings is 1.